The lowest BCUT2D eigenvalue weighted by molar-refractivity contribution is 0.122. The largest absolute Gasteiger partial charge is 0.486 e. The summed E-state index contributed by atoms with van der Waals surface area (Å²) in [6.07, 6.45) is 1.42. The van der Waals surface area contributed by atoms with Crippen molar-refractivity contribution >= 4 is 0 Å². The first-order valence-electron chi connectivity index (χ1n) is 7.40. The van der Waals surface area contributed by atoms with Gasteiger partial charge < -0.3 is 25.2 Å². The van der Waals surface area contributed by atoms with Crippen LogP contribution in [0.5, 0.6) is 11.5 Å². The van der Waals surface area contributed by atoms with Crippen molar-refractivity contribution in [2.24, 2.45) is 5.73 Å². The van der Waals surface area contributed by atoms with Crippen LogP contribution in [0.4, 0.5) is 4.39 Å². The summed E-state index contributed by atoms with van der Waals surface area (Å²) in [5.41, 5.74) is 6.50. The van der Waals surface area contributed by atoms with Gasteiger partial charge in [0.25, 0.3) is 0 Å². The highest BCUT2D eigenvalue weighted by Gasteiger charge is 2.25. The molecule has 3 rings (SSSR count). The van der Waals surface area contributed by atoms with Gasteiger partial charge in [0.2, 0.25) is 0 Å². The summed E-state index contributed by atoms with van der Waals surface area (Å²) in [6, 6.07) is 2.44. The number of nitrogens with two attached hydrogens (primary N) is 1. The third-order valence-electron chi connectivity index (χ3n) is 4.03. The fraction of sp³-hybridized carbons (Fsp3) is 0.600. The zero-order chi connectivity index (χ0) is 14.8. The van der Waals surface area contributed by atoms with Crippen molar-refractivity contribution in [1.82, 2.24) is 4.90 Å². The standard InChI is InChI=1S/C15H21FN2O3/c16-11-7-10(8-13-15(11)21-6-5-20-13)14(19)12(17)9-18-3-1-2-4-18/h7-8,12,14,19H,1-6,9,17H2. The number of aliphatic hydroxyl groups excluding tert-OH is 1. The number of benzene rings is 1. The molecule has 3 N–H and O–H groups in total. The van der Waals surface area contributed by atoms with Crippen molar-refractivity contribution in [3.63, 3.8) is 0 Å². The zero-order valence-corrected chi connectivity index (χ0v) is 11.9. The van der Waals surface area contributed by atoms with Gasteiger partial charge in [-0.25, -0.2) is 4.39 Å². The van der Waals surface area contributed by atoms with Gasteiger partial charge in [-0.15, -0.1) is 0 Å². The van der Waals surface area contributed by atoms with Crippen LogP contribution in [-0.4, -0.2) is 48.9 Å². The van der Waals surface area contributed by atoms with Gasteiger partial charge >= 0.3 is 0 Å². The molecule has 0 saturated carbocycles. The molecule has 0 spiro atoms. The highest BCUT2D eigenvalue weighted by atomic mass is 19.1. The molecule has 1 aromatic rings. The van der Waals surface area contributed by atoms with Crippen molar-refractivity contribution in [1.29, 1.82) is 0 Å². The quantitative estimate of drug-likeness (QED) is 0.869. The lowest BCUT2D eigenvalue weighted by Gasteiger charge is -2.26. The molecular formula is C15H21FN2O3. The number of ether oxygens (including phenoxy) is 2. The molecule has 21 heavy (non-hydrogen) atoms. The topological polar surface area (TPSA) is 68.0 Å². The monoisotopic (exact) mass is 296 g/mol. The average molecular weight is 296 g/mol. The van der Waals surface area contributed by atoms with Crippen LogP contribution in [0, 0.1) is 5.82 Å². The number of aliphatic hydroxyl groups is 1. The van der Waals surface area contributed by atoms with Crippen LogP contribution < -0.4 is 15.2 Å². The Morgan fingerprint density at radius 2 is 1.95 bits per heavy atom. The Labute approximate surface area is 123 Å². The van der Waals surface area contributed by atoms with E-state index in [-0.39, 0.29) is 5.75 Å². The predicted octanol–water partition coefficient (Wildman–Crippen LogP) is 1.05. The smallest absolute Gasteiger partial charge is 0.197 e. The molecular weight excluding hydrogens is 275 g/mol. The number of halogens is 1. The van der Waals surface area contributed by atoms with Crippen LogP contribution in [0.2, 0.25) is 0 Å². The van der Waals surface area contributed by atoms with Crippen molar-refractivity contribution in [3.8, 4) is 11.5 Å². The number of likely N-dealkylation sites (tertiary alicyclic amines) is 1. The van der Waals surface area contributed by atoms with E-state index in [0.717, 1.165) is 13.1 Å². The highest BCUT2D eigenvalue weighted by molar-refractivity contribution is 5.46. The first kappa shape index (κ1) is 14.6. The fourth-order valence-electron chi connectivity index (χ4n) is 2.91. The van der Waals surface area contributed by atoms with Gasteiger partial charge in [0, 0.05) is 12.6 Å². The molecule has 2 heterocycles. The summed E-state index contributed by atoms with van der Waals surface area (Å²) in [5, 5.41) is 10.4. The lowest BCUT2D eigenvalue weighted by Crippen LogP contribution is -2.40. The highest BCUT2D eigenvalue weighted by Crippen LogP contribution is 2.36. The van der Waals surface area contributed by atoms with E-state index in [1.54, 1.807) is 6.07 Å². The predicted molar refractivity (Wildman–Crippen MR) is 76.0 cm³/mol. The van der Waals surface area contributed by atoms with Crippen molar-refractivity contribution in [2.75, 3.05) is 32.8 Å². The second-order valence-corrected chi connectivity index (χ2v) is 5.64. The van der Waals surface area contributed by atoms with Crippen LogP contribution in [0.1, 0.15) is 24.5 Å². The maximum absolute atomic E-state index is 14.0. The molecule has 2 aliphatic heterocycles. The number of fused-ring (bicyclic) bond motifs is 1. The van der Waals surface area contributed by atoms with Gasteiger partial charge in [-0.3, -0.25) is 0 Å². The van der Waals surface area contributed by atoms with Gasteiger partial charge in [0.1, 0.15) is 13.2 Å². The van der Waals surface area contributed by atoms with Gasteiger partial charge in [-0.2, -0.15) is 0 Å². The molecule has 6 heteroatoms. The minimum Gasteiger partial charge on any atom is -0.486 e. The zero-order valence-electron chi connectivity index (χ0n) is 11.9. The SMILES string of the molecule is NC(CN1CCCC1)C(O)c1cc(F)c2c(c1)OCCO2. The molecule has 1 saturated heterocycles. The second kappa shape index (κ2) is 6.17. The Hall–Kier alpha value is -1.37. The summed E-state index contributed by atoms with van der Waals surface area (Å²) in [7, 11) is 0. The molecule has 0 aromatic heterocycles. The minimum absolute atomic E-state index is 0.116. The Kier molecular flexibility index (Phi) is 4.28. The van der Waals surface area contributed by atoms with Crippen LogP contribution in [0.25, 0.3) is 0 Å². The molecule has 0 bridgehead atoms. The third-order valence-corrected chi connectivity index (χ3v) is 4.03. The van der Waals surface area contributed by atoms with E-state index in [2.05, 4.69) is 4.90 Å². The number of hydrogen-bond donors (Lipinski definition) is 2. The summed E-state index contributed by atoms with van der Waals surface area (Å²) in [4.78, 5) is 2.22. The molecule has 0 amide bonds. The summed E-state index contributed by atoms with van der Waals surface area (Å²) in [6.45, 7) is 3.34. The minimum atomic E-state index is -0.920. The summed E-state index contributed by atoms with van der Waals surface area (Å²) in [5.74, 6) is -0.0661. The third kappa shape index (κ3) is 3.12. The molecule has 2 atom stereocenters. The van der Waals surface area contributed by atoms with Crippen molar-refractivity contribution < 1.29 is 19.0 Å². The Balaban J connectivity index is 1.74. The van der Waals surface area contributed by atoms with E-state index < -0.39 is 18.0 Å². The van der Waals surface area contributed by atoms with Crippen LogP contribution in [0.3, 0.4) is 0 Å². The molecule has 0 radical (unpaired) electrons. The van der Waals surface area contributed by atoms with Gasteiger partial charge in [0.15, 0.2) is 17.3 Å². The molecule has 1 aromatic carbocycles. The number of rotatable bonds is 4. The first-order valence-corrected chi connectivity index (χ1v) is 7.40. The van der Waals surface area contributed by atoms with E-state index in [9.17, 15) is 9.50 Å². The molecule has 2 unspecified atom stereocenters. The van der Waals surface area contributed by atoms with E-state index >= 15 is 0 Å². The van der Waals surface area contributed by atoms with Crippen LogP contribution in [-0.2, 0) is 0 Å². The fourth-order valence-corrected chi connectivity index (χ4v) is 2.91. The van der Waals surface area contributed by atoms with E-state index in [0.29, 0.717) is 31.1 Å². The summed E-state index contributed by atoms with van der Waals surface area (Å²) >= 11 is 0. The van der Waals surface area contributed by atoms with Gasteiger partial charge in [-0.1, -0.05) is 0 Å². The first-order chi connectivity index (χ1) is 10.1. The van der Waals surface area contributed by atoms with Crippen LogP contribution in [0.15, 0.2) is 12.1 Å². The molecule has 2 aliphatic rings. The normalized spacial score (nSPS) is 21.3. The maximum Gasteiger partial charge on any atom is 0.197 e. The average Bonchev–Trinajstić information content (AvgIpc) is 2.99. The number of hydrogen-bond acceptors (Lipinski definition) is 5. The Morgan fingerprint density at radius 3 is 2.71 bits per heavy atom. The van der Waals surface area contributed by atoms with Crippen molar-refractivity contribution in [3.05, 3.63) is 23.5 Å². The molecule has 5 nitrogen and oxygen atoms in total. The Bertz CT molecular complexity index is 506. The van der Waals surface area contributed by atoms with E-state index in [1.807, 2.05) is 0 Å². The summed E-state index contributed by atoms with van der Waals surface area (Å²) < 4.78 is 24.6. The van der Waals surface area contributed by atoms with E-state index in [4.69, 9.17) is 15.2 Å². The van der Waals surface area contributed by atoms with Gasteiger partial charge in [-0.05, 0) is 43.6 Å². The van der Waals surface area contributed by atoms with Crippen molar-refractivity contribution in [2.45, 2.75) is 25.0 Å². The molecule has 116 valence electrons. The number of nitrogens with zero attached hydrogens (tertiary/aromatic N) is 1. The molecule has 1 fully saturated rings. The van der Waals surface area contributed by atoms with Gasteiger partial charge in [0.05, 0.1) is 6.10 Å². The Morgan fingerprint density at radius 1 is 1.24 bits per heavy atom. The molecule has 0 aliphatic carbocycles. The van der Waals surface area contributed by atoms with Crippen LogP contribution >= 0.6 is 0 Å². The second-order valence-electron chi connectivity index (χ2n) is 5.64. The lowest BCUT2D eigenvalue weighted by atomic mass is 10.0. The maximum atomic E-state index is 14.0. The van der Waals surface area contributed by atoms with E-state index in [1.165, 1.54) is 18.9 Å².